The predicted octanol–water partition coefficient (Wildman–Crippen LogP) is 4.26. The maximum absolute atomic E-state index is 12.3. The zero-order valence-corrected chi connectivity index (χ0v) is 9.90. The Balaban J connectivity index is 4.94. The molecule has 0 heterocycles. The molecule has 0 amide bonds. The molecule has 0 nitrogen and oxygen atoms in total. The van der Waals surface area contributed by atoms with Gasteiger partial charge in [-0.05, 0) is 20.8 Å². The normalized spacial score (nSPS) is 15.5. The van der Waals surface area contributed by atoms with E-state index in [0.29, 0.717) is 0 Å². The summed E-state index contributed by atoms with van der Waals surface area (Å²) in [4.78, 5) is 0. The van der Waals surface area contributed by atoms with E-state index in [2.05, 4.69) is 0 Å². The second-order valence-electron chi connectivity index (χ2n) is 3.16. The molecule has 76 valence electrons. The van der Waals surface area contributed by atoms with Crippen LogP contribution in [-0.4, -0.2) is 9.60 Å². The fraction of sp³-hybridized carbons (Fsp3) is 0.556. The molecule has 0 aromatic carbocycles. The standard InChI is InChI=1S/C9H12F3I/c1-4-5-7(9(10,11)12)6-8(2,3)13/h4-6H,1-3H3/b5-4-,7-6+. The Morgan fingerprint density at radius 2 is 1.69 bits per heavy atom. The molecule has 0 aliphatic rings. The van der Waals surface area contributed by atoms with E-state index in [1.54, 1.807) is 20.8 Å². The van der Waals surface area contributed by atoms with Gasteiger partial charge in [0.25, 0.3) is 0 Å². The van der Waals surface area contributed by atoms with Crippen LogP contribution in [0, 0.1) is 0 Å². The Morgan fingerprint density at radius 1 is 1.23 bits per heavy atom. The molecule has 4 heteroatoms. The summed E-state index contributed by atoms with van der Waals surface area (Å²) >= 11 is 1.96. The van der Waals surface area contributed by atoms with E-state index < -0.39 is 15.2 Å². The molecule has 0 atom stereocenters. The zero-order valence-electron chi connectivity index (χ0n) is 7.74. The number of alkyl halides is 4. The van der Waals surface area contributed by atoms with Crippen molar-refractivity contribution < 1.29 is 13.2 Å². The van der Waals surface area contributed by atoms with Crippen molar-refractivity contribution in [2.75, 3.05) is 0 Å². The highest BCUT2D eigenvalue weighted by Crippen LogP contribution is 2.31. The lowest BCUT2D eigenvalue weighted by molar-refractivity contribution is -0.0885. The highest BCUT2D eigenvalue weighted by Gasteiger charge is 2.32. The smallest absolute Gasteiger partial charge is 0.166 e. The molecular formula is C9H12F3I. The summed E-state index contributed by atoms with van der Waals surface area (Å²) in [7, 11) is 0. The first-order valence-electron chi connectivity index (χ1n) is 3.78. The second-order valence-corrected chi connectivity index (χ2v) is 5.94. The summed E-state index contributed by atoms with van der Waals surface area (Å²) in [5.74, 6) is 0. The van der Waals surface area contributed by atoms with E-state index in [-0.39, 0.29) is 0 Å². The van der Waals surface area contributed by atoms with Crippen LogP contribution >= 0.6 is 22.6 Å². The van der Waals surface area contributed by atoms with Gasteiger partial charge in [-0.15, -0.1) is 0 Å². The van der Waals surface area contributed by atoms with Gasteiger partial charge in [0.05, 0.1) is 5.57 Å². The highest BCUT2D eigenvalue weighted by molar-refractivity contribution is 14.1. The van der Waals surface area contributed by atoms with Crippen LogP contribution in [0.5, 0.6) is 0 Å². The third-order valence-electron chi connectivity index (χ3n) is 1.17. The van der Waals surface area contributed by atoms with Crippen LogP contribution in [-0.2, 0) is 0 Å². The van der Waals surface area contributed by atoms with Crippen molar-refractivity contribution in [3.8, 4) is 0 Å². The zero-order chi connectivity index (χ0) is 10.7. The molecule has 0 unspecified atom stereocenters. The van der Waals surface area contributed by atoms with E-state index in [0.717, 1.165) is 6.08 Å². The molecule has 0 aliphatic heterocycles. The Kier molecular flexibility index (Phi) is 4.48. The molecule has 13 heavy (non-hydrogen) atoms. The van der Waals surface area contributed by atoms with Crippen LogP contribution in [0.25, 0.3) is 0 Å². The molecule has 0 saturated heterocycles. The van der Waals surface area contributed by atoms with Crippen LogP contribution in [0.2, 0.25) is 0 Å². The lowest BCUT2D eigenvalue weighted by Crippen LogP contribution is -2.15. The summed E-state index contributed by atoms with van der Waals surface area (Å²) in [6.45, 7) is 5.02. The molecule has 0 aliphatic carbocycles. The number of hydrogen-bond donors (Lipinski definition) is 0. The van der Waals surface area contributed by atoms with E-state index in [1.165, 1.54) is 12.2 Å². The fourth-order valence-electron chi connectivity index (χ4n) is 0.774. The van der Waals surface area contributed by atoms with Gasteiger partial charge in [-0.25, -0.2) is 0 Å². The minimum atomic E-state index is -4.26. The minimum absolute atomic E-state index is 0.484. The molecule has 0 aromatic rings. The van der Waals surface area contributed by atoms with E-state index in [1.807, 2.05) is 22.6 Å². The van der Waals surface area contributed by atoms with Crippen LogP contribution in [0.1, 0.15) is 20.8 Å². The summed E-state index contributed by atoms with van der Waals surface area (Å²) in [6, 6.07) is 0. The van der Waals surface area contributed by atoms with Crippen molar-refractivity contribution in [3.05, 3.63) is 23.8 Å². The SMILES string of the molecule is C/C=C\C(=C/C(C)(C)I)C(F)(F)F. The first kappa shape index (κ1) is 13.0. The van der Waals surface area contributed by atoms with Crippen LogP contribution in [0.4, 0.5) is 13.2 Å². The van der Waals surface area contributed by atoms with Gasteiger partial charge in [-0.1, -0.05) is 40.8 Å². The van der Waals surface area contributed by atoms with Crippen molar-refractivity contribution in [3.63, 3.8) is 0 Å². The minimum Gasteiger partial charge on any atom is -0.166 e. The van der Waals surface area contributed by atoms with Gasteiger partial charge in [-0.2, -0.15) is 13.2 Å². The lowest BCUT2D eigenvalue weighted by Gasteiger charge is -2.14. The Bertz CT molecular complexity index is 218. The first-order chi connectivity index (χ1) is 5.67. The molecule has 0 bridgehead atoms. The number of halogens is 4. The van der Waals surface area contributed by atoms with Gasteiger partial charge in [0.1, 0.15) is 0 Å². The van der Waals surface area contributed by atoms with Gasteiger partial charge in [0.2, 0.25) is 0 Å². The Hall–Kier alpha value is -0.0000000000000000555. The van der Waals surface area contributed by atoms with Crippen molar-refractivity contribution in [2.45, 2.75) is 30.4 Å². The third kappa shape index (κ3) is 6.12. The highest BCUT2D eigenvalue weighted by atomic mass is 127. The van der Waals surface area contributed by atoms with Crippen LogP contribution in [0.15, 0.2) is 23.8 Å². The van der Waals surface area contributed by atoms with Gasteiger partial charge in [-0.3, -0.25) is 0 Å². The second kappa shape index (κ2) is 4.48. The average molecular weight is 304 g/mol. The fourth-order valence-corrected chi connectivity index (χ4v) is 1.11. The van der Waals surface area contributed by atoms with Crippen LogP contribution < -0.4 is 0 Å². The van der Waals surface area contributed by atoms with E-state index in [9.17, 15) is 13.2 Å². The van der Waals surface area contributed by atoms with Crippen LogP contribution in [0.3, 0.4) is 0 Å². The van der Waals surface area contributed by atoms with Crippen molar-refractivity contribution in [1.29, 1.82) is 0 Å². The van der Waals surface area contributed by atoms with Crippen molar-refractivity contribution >= 4 is 22.6 Å². The van der Waals surface area contributed by atoms with Gasteiger partial charge in [0, 0.05) is 3.42 Å². The third-order valence-corrected chi connectivity index (χ3v) is 1.48. The van der Waals surface area contributed by atoms with Crippen molar-refractivity contribution in [1.82, 2.24) is 0 Å². The molecule has 0 aromatic heterocycles. The summed E-state index contributed by atoms with van der Waals surface area (Å²) in [5, 5.41) is 0. The Morgan fingerprint density at radius 3 is 1.92 bits per heavy atom. The molecular weight excluding hydrogens is 292 g/mol. The van der Waals surface area contributed by atoms with Gasteiger partial charge in [0.15, 0.2) is 0 Å². The maximum atomic E-state index is 12.3. The largest absolute Gasteiger partial charge is 0.416 e. The summed E-state index contributed by atoms with van der Waals surface area (Å²) in [5.41, 5.74) is -0.589. The summed E-state index contributed by atoms with van der Waals surface area (Å²) < 4.78 is 36.5. The topological polar surface area (TPSA) is 0 Å². The number of allylic oxidation sites excluding steroid dienone is 4. The molecule has 0 saturated carbocycles. The Labute approximate surface area is 90.0 Å². The quantitative estimate of drug-likeness (QED) is 0.406. The monoisotopic (exact) mass is 304 g/mol. The average Bonchev–Trinajstić information content (AvgIpc) is 1.81. The number of hydrogen-bond acceptors (Lipinski definition) is 0. The molecule has 0 spiro atoms. The molecule has 0 N–H and O–H groups in total. The molecule has 0 fully saturated rings. The molecule has 0 rings (SSSR count). The van der Waals surface area contributed by atoms with Crippen molar-refractivity contribution in [2.24, 2.45) is 0 Å². The van der Waals surface area contributed by atoms with E-state index >= 15 is 0 Å². The van der Waals surface area contributed by atoms with Gasteiger partial charge < -0.3 is 0 Å². The number of rotatable bonds is 2. The van der Waals surface area contributed by atoms with Gasteiger partial charge >= 0.3 is 6.18 Å². The maximum Gasteiger partial charge on any atom is 0.416 e. The van der Waals surface area contributed by atoms with E-state index in [4.69, 9.17) is 0 Å². The lowest BCUT2D eigenvalue weighted by atomic mass is 10.1. The first-order valence-corrected chi connectivity index (χ1v) is 4.86. The predicted molar refractivity (Wildman–Crippen MR) is 57.1 cm³/mol. The molecule has 0 radical (unpaired) electrons. The summed E-state index contributed by atoms with van der Waals surface area (Å²) in [6.07, 6.45) is -0.565.